The number of carbonyl (C=O) groups excluding carboxylic acids is 2. The van der Waals surface area contributed by atoms with Crippen LogP contribution >= 0.6 is 0 Å². The number of hydrogen-bond acceptors (Lipinski definition) is 3. The molecule has 0 saturated heterocycles. The van der Waals surface area contributed by atoms with E-state index in [0.29, 0.717) is 11.1 Å². The maximum atomic E-state index is 14.3. The maximum Gasteiger partial charge on any atom is 0.211 e. The van der Waals surface area contributed by atoms with Crippen molar-refractivity contribution in [2.24, 2.45) is 0 Å². The van der Waals surface area contributed by atoms with Crippen LogP contribution in [0.4, 0.5) is 0 Å². The molecule has 0 atom stereocenters. The Kier molecular flexibility index (Phi) is 5.40. The maximum absolute atomic E-state index is 14.3. The van der Waals surface area contributed by atoms with Crippen molar-refractivity contribution in [2.75, 3.05) is 0 Å². The Morgan fingerprint density at radius 3 is 1.22 bits per heavy atom. The van der Waals surface area contributed by atoms with Crippen LogP contribution in [0, 0.1) is 0 Å². The van der Waals surface area contributed by atoms with E-state index in [2.05, 4.69) is 86.6 Å². The Morgan fingerprint density at radius 1 is 0.467 bits per heavy atom. The van der Waals surface area contributed by atoms with Gasteiger partial charge in [0.1, 0.15) is 11.4 Å². The van der Waals surface area contributed by atoms with Crippen molar-refractivity contribution in [2.45, 2.75) is 19.8 Å². The predicted octanol–water partition coefficient (Wildman–Crippen LogP) is 10.5. The first-order valence-electron chi connectivity index (χ1n) is 15.4. The summed E-state index contributed by atoms with van der Waals surface area (Å²) in [6.07, 6.45) is 0. The highest BCUT2D eigenvalue weighted by Crippen LogP contribution is 2.38. The third-order valence-corrected chi connectivity index (χ3v) is 9.53. The largest absolute Gasteiger partial charge is 0.287 e. The molecule has 45 heavy (non-hydrogen) atoms. The van der Waals surface area contributed by atoms with Crippen molar-refractivity contribution in [1.29, 1.82) is 0 Å². The minimum absolute atomic E-state index is 0.105. The molecule has 1 heterocycles. The van der Waals surface area contributed by atoms with Crippen LogP contribution in [0.5, 0.6) is 0 Å². The van der Waals surface area contributed by atoms with E-state index < -0.39 is 0 Å². The summed E-state index contributed by atoms with van der Waals surface area (Å²) in [7, 11) is 0. The second kappa shape index (κ2) is 9.41. The second-order valence-electron chi connectivity index (χ2n) is 12.4. The molecule has 0 aliphatic carbocycles. The summed E-state index contributed by atoms with van der Waals surface area (Å²) in [6.45, 7) is 4.15. The van der Waals surface area contributed by atoms with Gasteiger partial charge in [-0.2, -0.15) is 0 Å². The van der Waals surface area contributed by atoms with Gasteiger partial charge >= 0.3 is 0 Å². The Bertz CT molecular complexity index is 2450. The van der Waals surface area contributed by atoms with Gasteiger partial charge in [-0.3, -0.25) is 9.59 Å². The third-order valence-electron chi connectivity index (χ3n) is 9.53. The summed E-state index contributed by atoms with van der Waals surface area (Å²) >= 11 is 0. The number of nitrogens with zero attached hydrogens (tertiary/aromatic N) is 1. The van der Waals surface area contributed by atoms with E-state index in [1.165, 1.54) is 0 Å². The lowest BCUT2D eigenvalue weighted by Gasteiger charge is -2.15. The van der Waals surface area contributed by atoms with Crippen molar-refractivity contribution >= 4 is 76.2 Å². The monoisotopic (exact) mass is 577 g/mol. The lowest BCUT2D eigenvalue weighted by atomic mass is 9.89. The van der Waals surface area contributed by atoms with E-state index in [4.69, 9.17) is 4.98 Å². The van der Waals surface area contributed by atoms with E-state index >= 15 is 0 Å². The van der Waals surface area contributed by atoms with Gasteiger partial charge in [0.2, 0.25) is 11.6 Å². The van der Waals surface area contributed by atoms with Crippen molar-refractivity contribution in [3.8, 4) is 0 Å². The molecule has 0 unspecified atom stereocenters. The highest BCUT2D eigenvalue weighted by molar-refractivity contribution is 6.29. The average Bonchev–Trinajstić information content (AvgIpc) is 3.08. The summed E-state index contributed by atoms with van der Waals surface area (Å²) in [5, 5.41) is 13.1. The van der Waals surface area contributed by atoms with E-state index in [1.54, 1.807) is 0 Å². The fourth-order valence-electron chi connectivity index (χ4n) is 7.26. The molecule has 0 aliphatic rings. The first kappa shape index (κ1) is 25.8. The number of ketones is 2. The van der Waals surface area contributed by atoms with Gasteiger partial charge < -0.3 is 0 Å². The van der Waals surface area contributed by atoms with Crippen LogP contribution in [0.25, 0.3) is 64.6 Å². The fourth-order valence-corrected chi connectivity index (χ4v) is 7.26. The van der Waals surface area contributed by atoms with Gasteiger partial charge in [0.05, 0.1) is 0 Å². The molecule has 3 nitrogen and oxygen atoms in total. The summed E-state index contributed by atoms with van der Waals surface area (Å²) in [6, 6.07) is 40.9. The molecule has 8 aromatic carbocycles. The van der Waals surface area contributed by atoms with Crippen LogP contribution in [-0.4, -0.2) is 16.6 Å². The molecular weight excluding hydrogens is 550 g/mol. The highest BCUT2D eigenvalue weighted by Gasteiger charge is 2.23. The van der Waals surface area contributed by atoms with Crippen LogP contribution in [0.2, 0.25) is 0 Å². The third kappa shape index (κ3) is 3.74. The molecule has 1 aromatic heterocycles. The average molecular weight is 578 g/mol. The number of pyridine rings is 1. The molecule has 0 N–H and O–H groups in total. The summed E-state index contributed by atoms with van der Waals surface area (Å²) in [5.74, 6) is -0.256. The van der Waals surface area contributed by atoms with E-state index in [0.717, 1.165) is 70.2 Å². The molecule has 0 saturated carbocycles. The zero-order valence-corrected chi connectivity index (χ0v) is 24.9. The molecule has 0 amide bonds. The van der Waals surface area contributed by atoms with Crippen molar-refractivity contribution < 1.29 is 9.59 Å². The fraction of sp³-hybridized carbons (Fsp3) is 0.0714. The number of carbonyl (C=O) groups is 2. The van der Waals surface area contributed by atoms with E-state index in [9.17, 15) is 9.59 Å². The number of hydrogen-bond donors (Lipinski definition) is 0. The van der Waals surface area contributed by atoms with Gasteiger partial charge in [0.25, 0.3) is 0 Å². The van der Waals surface area contributed by atoms with Crippen LogP contribution in [0.15, 0.2) is 121 Å². The summed E-state index contributed by atoms with van der Waals surface area (Å²) in [5.41, 5.74) is 2.67. The minimum Gasteiger partial charge on any atom is -0.287 e. The number of rotatable bonds is 5. The molecule has 3 heteroatoms. The van der Waals surface area contributed by atoms with Crippen molar-refractivity contribution in [3.05, 3.63) is 149 Å². The van der Waals surface area contributed by atoms with Gasteiger partial charge in [-0.1, -0.05) is 111 Å². The molecule has 9 aromatic rings. The second-order valence-corrected chi connectivity index (χ2v) is 12.4. The van der Waals surface area contributed by atoms with Crippen LogP contribution in [-0.2, 0) is 0 Å². The van der Waals surface area contributed by atoms with Crippen LogP contribution < -0.4 is 0 Å². The number of aromatic nitrogens is 1. The molecular formula is C42H27NO2. The molecule has 0 bridgehead atoms. The van der Waals surface area contributed by atoms with Crippen LogP contribution in [0.3, 0.4) is 0 Å². The smallest absolute Gasteiger partial charge is 0.211 e. The van der Waals surface area contributed by atoms with Gasteiger partial charge in [-0.25, -0.2) is 4.98 Å². The Labute approximate surface area is 259 Å². The van der Waals surface area contributed by atoms with E-state index in [1.807, 2.05) is 48.5 Å². The zero-order valence-electron chi connectivity index (χ0n) is 24.9. The zero-order chi connectivity index (χ0) is 30.4. The minimum atomic E-state index is -0.181. The molecule has 9 rings (SSSR count). The molecule has 0 spiro atoms. The van der Waals surface area contributed by atoms with E-state index in [-0.39, 0.29) is 28.9 Å². The first-order chi connectivity index (χ1) is 22.0. The SMILES string of the molecule is CC(C)c1cc(C(=O)c2ccc3ccc4cccc5ccc2c3c45)nc(C(=O)c2ccc3ccc4cccc5ccc2c3c45)c1. The van der Waals surface area contributed by atoms with Gasteiger partial charge in [-0.05, 0) is 100 Å². The quantitative estimate of drug-likeness (QED) is 0.151. The molecule has 212 valence electrons. The van der Waals surface area contributed by atoms with Crippen molar-refractivity contribution in [3.63, 3.8) is 0 Å². The Balaban J connectivity index is 1.22. The topological polar surface area (TPSA) is 47.0 Å². The Hall–Kier alpha value is -5.67. The summed E-state index contributed by atoms with van der Waals surface area (Å²) in [4.78, 5) is 33.5. The Morgan fingerprint density at radius 2 is 0.822 bits per heavy atom. The van der Waals surface area contributed by atoms with Gasteiger partial charge in [-0.15, -0.1) is 0 Å². The molecule has 0 fully saturated rings. The predicted molar refractivity (Wildman–Crippen MR) is 185 cm³/mol. The van der Waals surface area contributed by atoms with Gasteiger partial charge in [0, 0.05) is 11.1 Å². The molecule has 0 radical (unpaired) electrons. The standard InChI is InChI=1S/C42H27NO2/c1-23(2)30-21-35(41(44)33-19-15-28-11-9-24-5-3-7-26-13-17-31(33)39(28)37(24)26)43-36(22-30)42(45)34-20-16-29-12-10-25-6-4-8-27-14-18-32(34)40(29)38(25)27/h3-23H,1-2H3. The normalized spacial score (nSPS) is 12.2. The summed E-state index contributed by atoms with van der Waals surface area (Å²) < 4.78 is 0. The van der Waals surface area contributed by atoms with Gasteiger partial charge in [0.15, 0.2) is 0 Å². The highest BCUT2D eigenvalue weighted by atomic mass is 16.1. The van der Waals surface area contributed by atoms with Crippen LogP contribution in [0.1, 0.15) is 57.4 Å². The molecule has 0 aliphatic heterocycles. The lowest BCUT2D eigenvalue weighted by molar-refractivity contribution is 0.103. The number of benzene rings is 8. The first-order valence-corrected chi connectivity index (χ1v) is 15.4. The lowest BCUT2D eigenvalue weighted by Crippen LogP contribution is -2.13. The van der Waals surface area contributed by atoms with Crippen molar-refractivity contribution in [1.82, 2.24) is 4.98 Å².